The Morgan fingerprint density at radius 2 is 1.59 bits per heavy atom. The van der Waals surface area contributed by atoms with Crippen molar-refractivity contribution in [3.8, 4) is 0 Å². The van der Waals surface area contributed by atoms with E-state index in [0.29, 0.717) is 23.9 Å². The summed E-state index contributed by atoms with van der Waals surface area (Å²) in [5.41, 5.74) is 12.8. The summed E-state index contributed by atoms with van der Waals surface area (Å²) < 4.78 is 0. The Balaban J connectivity index is 2.53. The first-order valence-corrected chi connectivity index (χ1v) is 7.62. The number of hydrogen-bond donors (Lipinski definition) is 2. The number of hydrogen-bond acceptors (Lipinski definition) is 2. The standard InChI is InChI=1S/C15H32N2/c1-4-6-8-12-10-14(16)13(9-7-5-2)15(17)11(12)3/h11-15H,4-10,16-17H2,1-3H3. The van der Waals surface area contributed by atoms with Crippen molar-refractivity contribution in [2.24, 2.45) is 29.2 Å². The maximum Gasteiger partial charge on any atom is 0.0110 e. The molecule has 17 heavy (non-hydrogen) atoms. The molecule has 0 bridgehead atoms. The molecule has 0 aromatic heterocycles. The smallest absolute Gasteiger partial charge is 0.0110 e. The van der Waals surface area contributed by atoms with Gasteiger partial charge < -0.3 is 11.5 Å². The number of unbranched alkanes of at least 4 members (excludes halogenated alkanes) is 2. The Kier molecular flexibility index (Phi) is 6.50. The zero-order chi connectivity index (χ0) is 12.8. The summed E-state index contributed by atoms with van der Waals surface area (Å²) in [4.78, 5) is 0. The summed E-state index contributed by atoms with van der Waals surface area (Å²) in [7, 11) is 0. The molecule has 2 nitrogen and oxygen atoms in total. The van der Waals surface area contributed by atoms with Gasteiger partial charge in [0, 0.05) is 12.1 Å². The summed E-state index contributed by atoms with van der Waals surface area (Å²) >= 11 is 0. The predicted octanol–water partition coefficient (Wildman–Crippen LogP) is 3.29. The van der Waals surface area contributed by atoms with Crippen molar-refractivity contribution in [2.45, 2.75) is 77.8 Å². The SMILES string of the molecule is CCCCC1CC(N)C(CCCC)C(N)C1C. The van der Waals surface area contributed by atoms with Crippen LogP contribution < -0.4 is 11.5 Å². The molecule has 0 heterocycles. The Labute approximate surface area is 108 Å². The van der Waals surface area contributed by atoms with E-state index >= 15 is 0 Å². The second-order valence-electron chi connectivity index (χ2n) is 6.04. The number of rotatable bonds is 6. The van der Waals surface area contributed by atoms with E-state index in [1.54, 1.807) is 0 Å². The lowest BCUT2D eigenvalue weighted by Crippen LogP contribution is -2.53. The molecule has 0 amide bonds. The first-order chi connectivity index (χ1) is 8.11. The zero-order valence-electron chi connectivity index (χ0n) is 12.0. The van der Waals surface area contributed by atoms with E-state index in [2.05, 4.69) is 20.8 Å². The molecule has 102 valence electrons. The average molecular weight is 240 g/mol. The third-order valence-electron chi connectivity index (χ3n) is 4.79. The van der Waals surface area contributed by atoms with Crippen LogP contribution in [0.5, 0.6) is 0 Å². The topological polar surface area (TPSA) is 52.0 Å². The fourth-order valence-corrected chi connectivity index (χ4v) is 3.42. The van der Waals surface area contributed by atoms with Gasteiger partial charge in [-0.05, 0) is 30.6 Å². The van der Waals surface area contributed by atoms with Gasteiger partial charge in [-0.2, -0.15) is 0 Å². The van der Waals surface area contributed by atoms with Crippen molar-refractivity contribution in [2.75, 3.05) is 0 Å². The molecule has 4 N–H and O–H groups in total. The molecular formula is C15H32N2. The minimum atomic E-state index is 0.326. The van der Waals surface area contributed by atoms with Crippen molar-refractivity contribution < 1.29 is 0 Å². The van der Waals surface area contributed by atoms with Crippen molar-refractivity contribution in [1.82, 2.24) is 0 Å². The van der Waals surface area contributed by atoms with E-state index < -0.39 is 0 Å². The minimum Gasteiger partial charge on any atom is -0.327 e. The van der Waals surface area contributed by atoms with Crippen LogP contribution in [0, 0.1) is 17.8 Å². The largest absolute Gasteiger partial charge is 0.327 e. The maximum absolute atomic E-state index is 6.44. The normalized spacial score (nSPS) is 38.3. The van der Waals surface area contributed by atoms with Gasteiger partial charge >= 0.3 is 0 Å². The second-order valence-corrected chi connectivity index (χ2v) is 6.04. The highest BCUT2D eigenvalue weighted by Gasteiger charge is 2.38. The molecule has 1 saturated carbocycles. The molecule has 1 rings (SSSR count). The first-order valence-electron chi connectivity index (χ1n) is 7.62. The highest BCUT2D eigenvalue weighted by atomic mass is 14.8. The molecule has 2 heteroatoms. The molecule has 0 radical (unpaired) electrons. The van der Waals surface area contributed by atoms with Gasteiger partial charge in [0.1, 0.15) is 0 Å². The van der Waals surface area contributed by atoms with Crippen molar-refractivity contribution in [3.05, 3.63) is 0 Å². The molecule has 0 spiro atoms. The summed E-state index contributed by atoms with van der Waals surface area (Å²) in [5.74, 6) is 1.98. The third-order valence-corrected chi connectivity index (χ3v) is 4.79. The molecule has 5 unspecified atom stereocenters. The van der Waals surface area contributed by atoms with Gasteiger partial charge in [0.25, 0.3) is 0 Å². The minimum absolute atomic E-state index is 0.326. The molecule has 0 saturated heterocycles. The second kappa shape index (κ2) is 7.38. The van der Waals surface area contributed by atoms with Crippen LogP contribution in [0.4, 0.5) is 0 Å². The van der Waals surface area contributed by atoms with Gasteiger partial charge in [0.05, 0.1) is 0 Å². The van der Waals surface area contributed by atoms with Crippen molar-refractivity contribution in [3.63, 3.8) is 0 Å². The highest BCUT2D eigenvalue weighted by Crippen LogP contribution is 2.37. The predicted molar refractivity (Wildman–Crippen MR) is 75.8 cm³/mol. The van der Waals surface area contributed by atoms with Crippen LogP contribution in [0.15, 0.2) is 0 Å². The first kappa shape index (κ1) is 15.0. The Bertz CT molecular complexity index is 205. The van der Waals surface area contributed by atoms with Gasteiger partial charge in [-0.15, -0.1) is 0 Å². The summed E-state index contributed by atoms with van der Waals surface area (Å²) in [6.45, 7) is 6.85. The molecule has 1 aliphatic carbocycles. The highest BCUT2D eigenvalue weighted by molar-refractivity contribution is 4.94. The molecule has 1 fully saturated rings. The molecule has 1 aliphatic rings. The monoisotopic (exact) mass is 240 g/mol. The molecule has 5 atom stereocenters. The van der Waals surface area contributed by atoms with E-state index in [1.807, 2.05) is 0 Å². The van der Waals surface area contributed by atoms with Crippen LogP contribution in [0.25, 0.3) is 0 Å². The van der Waals surface area contributed by atoms with Gasteiger partial charge in [-0.3, -0.25) is 0 Å². The van der Waals surface area contributed by atoms with E-state index in [4.69, 9.17) is 11.5 Å². The Morgan fingerprint density at radius 3 is 2.18 bits per heavy atom. The van der Waals surface area contributed by atoms with Crippen LogP contribution in [0.3, 0.4) is 0 Å². The molecule has 0 aliphatic heterocycles. The van der Waals surface area contributed by atoms with Gasteiger partial charge in [0.2, 0.25) is 0 Å². The van der Waals surface area contributed by atoms with Crippen LogP contribution >= 0.6 is 0 Å². The Morgan fingerprint density at radius 1 is 1.00 bits per heavy atom. The van der Waals surface area contributed by atoms with Gasteiger partial charge in [0.15, 0.2) is 0 Å². The number of nitrogens with two attached hydrogens (primary N) is 2. The lowest BCUT2D eigenvalue weighted by Gasteiger charge is -2.44. The van der Waals surface area contributed by atoms with E-state index in [0.717, 1.165) is 5.92 Å². The summed E-state index contributed by atoms with van der Waals surface area (Å²) in [5, 5.41) is 0. The third kappa shape index (κ3) is 3.96. The summed E-state index contributed by atoms with van der Waals surface area (Å²) in [6.07, 6.45) is 8.88. The van der Waals surface area contributed by atoms with E-state index in [1.165, 1.54) is 44.9 Å². The zero-order valence-corrected chi connectivity index (χ0v) is 12.0. The van der Waals surface area contributed by atoms with Gasteiger partial charge in [-0.25, -0.2) is 0 Å². The quantitative estimate of drug-likeness (QED) is 0.748. The molecule has 0 aromatic rings. The fourth-order valence-electron chi connectivity index (χ4n) is 3.42. The average Bonchev–Trinajstić information content (AvgIpc) is 2.32. The fraction of sp³-hybridized carbons (Fsp3) is 1.00. The van der Waals surface area contributed by atoms with Crippen LogP contribution in [0.2, 0.25) is 0 Å². The van der Waals surface area contributed by atoms with Crippen LogP contribution in [0.1, 0.15) is 65.7 Å². The lowest BCUT2D eigenvalue weighted by molar-refractivity contribution is 0.119. The lowest BCUT2D eigenvalue weighted by atomic mass is 9.66. The molecule has 0 aromatic carbocycles. The molecular weight excluding hydrogens is 208 g/mol. The van der Waals surface area contributed by atoms with E-state index in [-0.39, 0.29) is 0 Å². The maximum atomic E-state index is 6.44. The van der Waals surface area contributed by atoms with Crippen molar-refractivity contribution in [1.29, 1.82) is 0 Å². The van der Waals surface area contributed by atoms with Gasteiger partial charge in [-0.1, -0.05) is 52.9 Å². The van der Waals surface area contributed by atoms with Crippen LogP contribution in [-0.4, -0.2) is 12.1 Å². The summed E-state index contributed by atoms with van der Waals surface area (Å²) in [6, 6.07) is 0.668. The van der Waals surface area contributed by atoms with Crippen LogP contribution in [-0.2, 0) is 0 Å². The Hall–Kier alpha value is -0.0800. The van der Waals surface area contributed by atoms with E-state index in [9.17, 15) is 0 Å². The van der Waals surface area contributed by atoms with Crippen molar-refractivity contribution >= 4 is 0 Å².